The number of anilines is 1. The Bertz CT molecular complexity index is 666. The summed E-state index contributed by atoms with van der Waals surface area (Å²) < 4.78 is 5.10. The summed E-state index contributed by atoms with van der Waals surface area (Å²) in [5.41, 5.74) is 3.25. The molecule has 0 saturated carbocycles. The van der Waals surface area contributed by atoms with Gasteiger partial charge in [0.1, 0.15) is 5.01 Å². The van der Waals surface area contributed by atoms with Crippen molar-refractivity contribution in [3.8, 4) is 0 Å². The van der Waals surface area contributed by atoms with Crippen LogP contribution in [0.15, 0.2) is 24.3 Å². The highest BCUT2D eigenvalue weighted by Crippen LogP contribution is 2.29. The molecule has 0 atom stereocenters. The van der Waals surface area contributed by atoms with Gasteiger partial charge in [-0.05, 0) is 25.0 Å². The second kappa shape index (κ2) is 5.95. The Hall–Kier alpha value is -1.72. The van der Waals surface area contributed by atoms with E-state index < -0.39 is 0 Å². The van der Waals surface area contributed by atoms with Crippen molar-refractivity contribution in [1.29, 1.82) is 0 Å². The maximum absolute atomic E-state index is 12.6. The van der Waals surface area contributed by atoms with Crippen LogP contribution in [0.5, 0.6) is 0 Å². The lowest BCUT2D eigenvalue weighted by atomic mass is 10.2. The summed E-state index contributed by atoms with van der Waals surface area (Å²) >= 11 is 1.57. The molecule has 110 valence electrons. The van der Waals surface area contributed by atoms with Crippen molar-refractivity contribution >= 4 is 22.9 Å². The van der Waals surface area contributed by atoms with Gasteiger partial charge >= 0.3 is 0 Å². The summed E-state index contributed by atoms with van der Waals surface area (Å²) in [4.78, 5) is 19.9. The number of aromatic nitrogens is 1. The zero-order chi connectivity index (χ0) is 14.8. The number of amides is 1. The second-order valence-electron chi connectivity index (χ2n) is 5.15. The molecule has 0 bridgehead atoms. The number of hydrogen-bond donors (Lipinski definition) is 0. The number of ether oxygens (including phenoxy) is 1. The Kier molecular flexibility index (Phi) is 4.03. The molecule has 0 aliphatic carbocycles. The van der Waals surface area contributed by atoms with Crippen molar-refractivity contribution in [3.05, 3.63) is 45.4 Å². The number of fused-ring (bicyclic) bond motifs is 1. The van der Waals surface area contributed by atoms with Crippen LogP contribution >= 0.6 is 11.3 Å². The molecule has 0 unspecified atom stereocenters. The second-order valence-corrected chi connectivity index (χ2v) is 6.32. The third kappa shape index (κ3) is 2.84. The van der Waals surface area contributed by atoms with Crippen LogP contribution in [0, 0.1) is 6.92 Å². The van der Waals surface area contributed by atoms with Crippen LogP contribution in [0.1, 0.15) is 21.1 Å². The van der Waals surface area contributed by atoms with E-state index in [0.29, 0.717) is 13.0 Å². The third-order valence-corrected chi connectivity index (χ3v) is 4.84. The highest BCUT2D eigenvalue weighted by Gasteiger charge is 2.25. The van der Waals surface area contributed by atoms with Crippen LogP contribution in [0.2, 0.25) is 0 Å². The van der Waals surface area contributed by atoms with Crippen LogP contribution in [-0.2, 0) is 29.0 Å². The number of methoxy groups -OCH3 is 1. The number of carbonyl (C=O) groups is 1. The van der Waals surface area contributed by atoms with Gasteiger partial charge in [0, 0.05) is 24.2 Å². The molecule has 1 aromatic carbocycles. The molecular weight excluding hydrogens is 284 g/mol. The first-order valence-electron chi connectivity index (χ1n) is 7.01. The molecule has 1 aliphatic rings. The van der Waals surface area contributed by atoms with Crippen molar-refractivity contribution in [3.63, 3.8) is 0 Å². The van der Waals surface area contributed by atoms with Gasteiger partial charge < -0.3 is 9.64 Å². The topological polar surface area (TPSA) is 42.4 Å². The van der Waals surface area contributed by atoms with Crippen LogP contribution < -0.4 is 4.90 Å². The van der Waals surface area contributed by atoms with Gasteiger partial charge in [-0.1, -0.05) is 18.2 Å². The Morgan fingerprint density at radius 3 is 3.05 bits per heavy atom. The van der Waals surface area contributed by atoms with E-state index in [1.165, 1.54) is 5.56 Å². The van der Waals surface area contributed by atoms with Gasteiger partial charge in [-0.3, -0.25) is 4.79 Å². The number of para-hydroxylation sites is 1. The minimum atomic E-state index is 0.149. The fraction of sp³-hybridized carbons (Fsp3) is 0.375. The smallest absolute Gasteiger partial charge is 0.232 e. The van der Waals surface area contributed by atoms with Crippen LogP contribution in [0.3, 0.4) is 0 Å². The van der Waals surface area contributed by atoms with Gasteiger partial charge in [-0.2, -0.15) is 0 Å². The largest absolute Gasteiger partial charge is 0.378 e. The normalized spacial score (nSPS) is 13.5. The molecule has 3 rings (SSSR count). The van der Waals surface area contributed by atoms with E-state index in [9.17, 15) is 4.79 Å². The Morgan fingerprint density at radius 2 is 2.24 bits per heavy atom. The van der Waals surface area contributed by atoms with E-state index in [1.807, 2.05) is 30.0 Å². The average Bonchev–Trinajstić information content (AvgIpc) is 3.03. The van der Waals surface area contributed by atoms with Gasteiger partial charge in [0.15, 0.2) is 0 Å². The molecule has 2 heterocycles. The van der Waals surface area contributed by atoms with Crippen molar-refractivity contribution in [2.75, 3.05) is 18.6 Å². The van der Waals surface area contributed by atoms with Crippen molar-refractivity contribution in [1.82, 2.24) is 4.98 Å². The van der Waals surface area contributed by atoms with E-state index in [2.05, 4.69) is 11.1 Å². The maximum atomic E-state index is 12.6. The van der Waals surface area contributed by atoms with Crippen LogP contribution in [0.4, 0.5) is 5.69 Å². The first-order chi connectivity index (χ1) is 10.2. The zero-order valence-corrected chi connectivity index (χ0v) is 13.1. The van der Waals surface area contributed by atoms with Gasteiger partial charge in [0.2, 0.25) is 5.91 Å². The summed E-state index contributed by atoms with van der Waals surface area (Å²) in [6.07, 6.45) is 1.36. The first-order valence-corrected chi connectivity index (χ1v) is 7.83. The van der Waals surface area contributed by atoms with Crippen molar-refractivity contribution in [2.45, 2.75) is 26.4 Å². The van der Waals surface area contributed by atoms with Gasteiger partial charge in [-0.25, -0.2) is 4.98 Å². The molecule has 0 radical (unpaired) electrons. The monoisotopic (exact) mass is 302 g/mol. The SMILES string of the molecule is COCc1nc(C)c(CC(=O)N2CCc3ccccc32)s1. The lowest BCUT2D eigenvalue weighted by molar-refractivity contribution is -0.117. The maximum Gasteiger partial charge on any atom is 0.232 e. The predicted octanol–water partition coefficient (Wildman–Crippen LogP) is 2.73. The fourth-order valence-electron chi connectivity index (χ4n) is 2.67. The molecule has 2 aromatic rings. The molecule has 5 heteroatoms. The molecule has 1 aromatic heterocycles. The number of carbonyl (C=O) groups excluding carboxylic acids is 1. The molecule has 0 N–H and O–H groups in total. The lowest BCUT2D eigenvalue weighted by Gasteiger charge is -2.16. The molecule has 21 heavy (non-hydrogen) atoms. The first kappa shape index (κ1) is 14.2. The average molecular weight is 302 g/mol. The summed E-state index contributed by atoms with van der Waals surface area (Å²) in [7, 11) is 1.66. The van der Waals surface area contributed by atoms with Crippen molar-refractivity contribution in [2.24, 2.45) is 0 Å². The number of hydrogen-bond acceptors (Lipinski definition) is 4. The number of aryl methyl sites for hydroxylation is 1. The summed E-state index contributed by atoms with van der Waals surface area (Å²) in [5, 5.41) is 0.930. The van der Waals surface area contributed by atoms with E-state index >= 15 is 0 Å². The van der Waals surface area contributed by atoms with E-state index in [0.717, 1.165) is 34.2 Å². The van der Waals surface area contributed by atoms with E-state index in [-0.39, 0.29) is 5.91 Å². The fourth-order valence-corrected chi connectivity index (χ4v) is 3.70. The summed E-state index contributed by atoms with van der Waals surface area (Å²) in [6, 6.07) is 8.13. The Balaban J connectivity index is 1.76. The molecule has 4 nitrogen and oxygen atoms in total. The number of nitrogens with zero attached hydrogens (tertiary/aromatic N) is 2. The van der Waals surface area contributed by atoms with Crippen molar-refractivity contribution < 1.29 is 9.53 Å². The van der Waals surface area contributed by atoms with Gasteiger partial charge in [0.25, 0.3) is 0 Å². The minimum Gasteiger partial charge on any atom is -0.378 e. The summed E-state index contributed by atoms with van der Waals surface area (Å²) in [6.45, 7) is 3.24. The highest BCUT2D eigenvalue weighted by molar-refractivity contribution is 7.11. The number of thiazole rings is 1. The van der Waals surface area contributed by atoms with E-state index in [1.54, 1.807) is 18.4 Å². The lowest BCUT2D eigenvalue weighted by Crippen LogP contribution is -2.30. The molecule has 0 fully saturated rings. The molecular formula is C16H18N2O2S. The Labute approximate surface area is 128 Å². The van der Waals surface area contributed by atoms with E-state index in [4.69, 9.17) is 4.74 Å². The minimum absolute atomic E-state index is 0.149. The van der Waals surface area contributed by atoms with Gasteiger partial charge in [-0.15, -0.1) is 11.3 Å². The van der Waals surface area contributed by atoms with Crippen LogP contribution in [-0.4, -0.2) is 24.5 Å². The predicted molar refractivity (Wildman–Crippen MR) is 83.8 cm³/mol. The third-order valence-electron chi connectivity index (χ3n) is 3.70. The van der Waals surface area contributed by atoms with Gasteiger partial charge in [0.05, 0.1) is 18.7 Å². The zero-order valence-electron chi connectivity index (χ0n) is 12.3. The quantitative estimate of drug-likeness (QED) is 0.872. The number of rotatable bonds is 4. The Morgan fingerprint density at radius 1 is 1.43 bits per heavy atom. The molecule has 1 amide bonds. The number of benzene rings is 1. The molecule has 0 saturated heterocycles. The molecule has 1 aliphatic heterocycles. The summed E-state index contributed by atoms with van der Waals surface area (Å²) in [5.74, 6) is 0.149. The highest BCUT2D eigenvalue weighted by atomic mass is 32.1. The van der Waals surface area contributed by atoms with Crippen LogP contribution in [0.25, 0.3) is 0 Å². The molecule has 0 spiro atoms. The standard InChI is InChI=1S/C16H18N2O2S/c1-11-14(21-15(17-11)10-20-2)9-16(19)18-8-7-12-5-3-4-6-13(12)18/h3-6H,7-10H2,1-2H3.